The van der Waals surface area contributed by atoms with Crippen molar-refractivity contribution in [3.63, 3.8) is 0 Å². The first-order valence-electron chi connectivity index (χ1n) is 14.0. The molecular formula is C29H36N6O5. The number of fused-ring (bicyclic) bond motifs is 3. The molecule has 11 nitrogen and oxygen atoms in total. The molecule has 2 saturated heterocycles. The number of carbonyl (C=O) groups excluding carboxylic acids is 3. The fourth-order valence-corrected chi connectivity index (χ4v) is 7.16. The topological polar surface area (TPSA) is 121 Å². The number of hydrogen-bond acceptors (Lipinski definition) is 7. The number of likely N-dealkylation sites (N-methyl/N-ethyl adjacent to an activating group) is 1. The Hall–Kier alpha value is -3.57. The van der Waals surface area contributed by atoms with Crippen LogP contribution in [0.25, 0.3) is 11.0 Å². The summed E-state index contributed by atoms with van der Waals surface area (Å²) in [6, 6.07) is 5.84. The number of aliphatic hydroxyl groups excluding tert-OH is 1. The maximum Gasteiger partial charge on any atom is 0.250 e. The molecule has 4 aliphatic rings. The molecular weight excluding hydrogens is 512 g/mol. The number of rotatable bonds is 6. The Morgan fingerprint density at radius 1 is 1.05 bits per heavy atom. The van der Waals surface area contributed by atoms with Gasteiger partial charge in [0.05, 0.1) is 35.6 Å². The van der Waals surface area contributed by atoms with Crippen LogP contribution in [0.2, 0.25) is 0 Å². The van der Waals surface area contributed by atoms with Gasteiger partial charge in [-0.25, -0.2) is 4.68 Å². The molecule has 0 bridgehead atoms. The minimum atomic E-state index is -1.37. The molecule has 40 heavy (non-hydrogen) atoms. The SMILES string of the molecule is CC[C@]12C=CCN(C)C(=O)[C@H]1[C@H]1C(=O)N([C@@H](CO)C(C)C)C3C(=O)N(Cn4nnc5ccccc54)CC=C[C@@]31O2. The fourth-order valence-electron chi connectivity index (χ4n) is 7.16. The van der Waals surface area contributed by atoms with Crippen molar-refractivity contribution < 1.29 is 24.2 Å². The third kappa shape index (κ3) is 3.60. The Kier molecular flexibility index (Phi) is 6.34. The first kappa shape index (κ1) is 26.6. The third-order valence-electron chi connectivity index (χ3n) is 9.20. The number of aliphatic hydroxyl groups is 1. The van der Waals surface area contributed by atoms with Gasteiger partial charge < -0.3 is 24.5 Å². The highest BCUT2D eigenvalue weighted by molar-refractivity contribution is 6.00. The summed E-state index contributed by atoms with van der Waals surface area (Å²) in [5, 5.41) is 18.9. The van der Waals surface area contributed by atoms with Crippen molar-refractivity contribution in [3.05, 3.63) is 48.6 Å². The molecule has 2 fully saturated rings. The molecule has 2 aromatic rings. The largest absolute Gasteiger partial charge is 0.394 e. The van der Waals surface area contributed by atoms with E-state index in [9.17, 15) is 19.5 Å². The molecule has 11 heteroatoms. The van der Waals surface area contributed by atoms with Crippen molar-refractivity contribution in [2.24, 2.45) is 17.8 Å². The monoisotopic (exact) mass is 548 g/mol. The normalized spacial score (nSPS) is 32.5. The number of carbonyl (C=O) groups is 3. The summed E-state index contributed by atoms with van der Waals surface area (Å²) >= 11 is 0. The van der Waals surface area contributed by atoms with Gasteiger partial charge in [0.25, 0.3) is 5.91 Å². The standard InChI is InChI=1S/C29H36N6O5/c1-5-28-12-8-14-32(4)25(37)22(28)23-26(38)35(21(16-36)18(2)3)24-27(39)33(15-9-13-29(23,24)40-28)17-34-20-11-7-6-10-19(20)30-31-34/h6-13,18,21-24,36H,5,14-17H2,1-4H3/t21-,22+,23-,24?,28-,29-/m0/s1. The van der Waals surface area contributed by atoms with E-state index in [0.717, 1.165) is 5.52 Å². The maximum absolute atomic E-state index is 14.6. The zero-order chi connectivity index (χ0) is 28.4. The Bertz CT molecular complexity index is 1420. The summed E-state index contributed by atoms with van der Waals surface area (Å²) in [5.41, 5.74) is -0.891. The third-order valence-corrected chi connectivity index (χ3v) is 9.20. The smallest absolute Gasteiger partial charge is 0.250 e. The van der Waals surface area contributed by atoms with Crippen LogP contribution in [0.4, 0.5) is 0 Å². The highest BCUT2D eigenvalue weighted by Crippen LogP contribution is 2.59. The number of aromatic nitrogens is 3. The lowest BCUT2D eigenvalue weighted by atomic mass is 9.73. The van der Waals surface area contributed by atoms with Crippen LogP contribution in [-0.2, 0) is 25.8 Å². The first-order valence-corrected chi connectivity index (χ1v) is 14.0. The molecule has 6 rings (SSSR count). The van der Waals surface area contributed by atoms with E-state index in [4.69, 9.17) is 4.74 Å². The van der Waals surface area contributed by atoms with Crippen molar-refractivity contribution in [1.29, 1.82) is 0 Å². The van der Waals surface area contributed by atoms with Gasteiger partial charge in [-0.2, -0.15) is 0 Å². The Morgan fingerprint density at radius 2 is 1.80 bits per heavy atom. The number of likely N-dealkylation sites (tertiary alicyclic amines) is 1. The summed E-state index contributed by atoms with van der Waals surface area (Å²) in [4.78, 5) is 47.7. The van der Waals surface area contributed by atoms with E-state index in [1.807, 2.05) is 69.3 Å². The molecule has 1 spiro atoms. The summed E-state index contributed by atoms with van der Waals surface area (Å²) in [6.07, 6.45) is 7.98. The maximum atomic E-state index is 14.6. The minimum absolute atomic E-state index is 0.123. The first-order chi connectivity index (χ1) is 19.2. The number of para-hydroxylation sites is 1. The van der Waals surface area contributed by atoms with Crippen molar-refractivity contribution in [2.75, 3.05) is 26.7 Å². The van der Waals surface area contributed by atoms with Crippen LogP contribution in [0.3, 0.4) is 0 Å². The van der Waals surface area contributed by atoms with Crippen LogP contribution in [0.1, 0.15) is 27.2 Å². The lowest BCUT2D eigenvalue weighted by Gasteiger charge is -2.41. The lowest BCUT2D eigenvalue weighted by molar-refractivity contribution is -0.158. The molecule has 0 saturated carbocycles. The van der Waals surface area contributed by atoms with E-state index < -0.39 is 35.1 Å². The molecule has 212 valence electrons. The van der Waals surface area contributed by atoms with E-state index >= 15 is 0 Å². The van der Waals surface area contributed by atoms with Gasteiger partial charge in [0.1, 0.15) is 23.8 Å². The lowest BCUT2D eigenvalue weighted by Crippen LogP contribution is -2.59. The average molecular weight is 549 g/mol. The van der Waals surface area contributed by atoms with Gasteiger partial charge in [-0.05, 0) is 24.5 Å². The van der Waals surface area contributed by atoms with Gasteiger partial charge in [0, 0.05) is 20.1 Å². The Morgan fingerprint density at radius 3 is 2.52 bits per heavy atom. The Balaban J connectivity index is 1.48. The second-order valence-electron chi connectivity index (χ2n) is 11.7. The van der Waals surface area contributed by atoms with Crippen molar-refractivity contribution >= 4 is 28.8 Å². The summed E-state index contributed by atoms with van der Waals surface area (Å²) in [5.74, 6) is -2.66. The predicted molar refractivity (Wildman–Crippen MR) is 145 cm³/mol. The second kappa shape index (κ2) is 9.52. The van der Waals surface area contributed by atoms with Crippen molar-refractivity contribution in [2.45, 2.75) is 57.1 Å². The van der Waals surface area contributed by atoms with Gasteiger partial charge in [-0.1, -0.05) is 62.4 Å². The van der Waals surface area contributed by atoms with Crippen LogP contribution >= 0.6 is 0 Å². The van der Waals surface area contributed by atoms with Crippen molar-refractivity contribution in [3.8, 4) is 0 Å². The van der Waals surface area contributed by atoms with Crippen LogP contribution in [0.5, 0.6) is 0 Å². The van der Waals surface area contributed by atoms with Gasteiger partial charge in [-0.3, -0.25) is 14.4 Å². The van der Waals surface area contributed by atoms with E-state index in [1.165, 1.54) is 4.90 Å². The predicted octanol–water partition coefficient (Wildman–Crippen LogP) is 1.19. The van der Waals surface area contributed by atoms with Gasteiger partial charge >= 0.3 is 0 Å². The van der Waals surface area contributed by atoms with Crippen LogP contribution in [0.15, 0.2) is 48.6 Å². The number of nitrogens with zero attached hydrogens (tertiary/aromatic N) is 6. The molecule has 6 atom stereocenters. The molecule has 1 aromatic heterocycles. The average Bonchev–Trinajstić information content (AvgIpc) is 3.48. The summed E-state index contributed by atoms with van der Waals surface area (Å²) in [6.45, 7) is 6.26. The molecule has 0 aliphatic carbocycles. The Labute approximate surface area is 233 Å². The van der Waals surface area contributed by atoms with Gasteiger partial charge in [0.2, 0.25) is 11.8 Å². The number of benzene rings is 1. The molecule has 5 heterocycles. The molecule has 1 unspecified atom stereocenters. The van der Waals surface area contributed by atoms with Crippen LogP contribution < -0.4 is 0 Å². The molecule has 1 N–H and O–H groups in total. The van der Waals surface area contributed by atoms with E-state index in [1.54, 1.807) is 21.5 Å². The summed E-state index contributed by atoms with van der Waals surface area (Å²) < 4.78 is 8.61. The van der Waals surface area contributed by atoms with E-state index in [-0.39, 0.29) is 43.5 Å². The summed E-state index contributed by atoms with van der Waals surface area (Å²) in [7, 11) is 1.72. The molecule has 4 aliphatic heterocycles. The van der Waals surface area contributed by atoms with Crippen LogP contribution in [0, 0.1) is 17.8 Å². The van der Waals surface area contributed by atoms with Crippen molar-refractivity contribution in [1.82, 2.24) is 29.7 Å². The highest BCUT2D eigenvalue weighted by atomic mass is 16.5. The second-order valence-corrected chi connectivity index (χ2v) is 11.7. The highest BCUT2D eigenvalue weighted by Gasteiger charge is 2.75. The van der Waals surface area contributed by atoms with E-state index in [2.05, 4.69) is 10.3 Å². The minimum Gasteiger partial charge on any atom is -0.394 e. The zero-order valence-electron chi connectivity index (χ0n) is 23.3. The fraction of sp³-hybridized carbons (Fsp3) is 0.552. The van der Waals surface area contributed by atoms with Gasteiger partial charge in [-0.15, -0.1) is 5.10 Å². The number of hydrogen-bond donors (Lipinski definition) is 1. The molecule has 0 radical (unpaired) electrons. The molecule has 1 aromatic carbocycles. The molecule has 3 amide bonds. The zero-order valence-corrected chi connectivity index (χ0v) is 23.3. The van der Waals surface area contributed by atoms with Gasteiger partial charge in [0.15, 0.2) is 0 Å². The number of amides is 3. The number of ether oxygens (including phenoxy) is 1. The van der Waals surface area contributed by atoms with Crippen LogP contribution in [-0.4, -0.2) is 103 Å². The quantitative estimate of drug-likeness (QED) is 0.539. The van der Waals surface area contributed by atoms with E-state index in [0.29, 0.717) is 18.5 Å².